The summed E-state index contributed by atoms with van der Waals surface area (Å²) in [6, 6.07) is 0. The summed E-state index contributed by atoms with van der Waals surface area (Å²) >= 11 is 0. The first-order valence-electron chi connectivity index (χ1n) is 10.9. The minimum Gasteiger partial charge on any atom is -0.373 e. The number of amides is 1. The molecule has 4 heteroatoms. The zero-order chi connectivity index (χ0) is 18.6. The lowest BCUT2D eigenvalue weighted by Crippen LogP contribution is -2.60. The van der Waals surface area contributed by atoms with E-state index in [1.165, 1.54) is 19.3 Å². The number of carbonyl (C=O) groups excluding carboxylic acids is 1. The van der Waals surface area contributed by atoms with E-state index in [0.29, 0.717) is 28.9 Å². The number of morpholine rings is 1. The third kappa shape index (κ3) is 3.56. The molecule has 4 bridgehead atoms. The molecule has 0 aromatic rings. The smallest absolute Gasteiger partial charge is 0.226 e. The molecule has 0 spiro atoms. The molecule has 0 aromatic heterocycles. The molecule has 148 valence electrons. The summed E-state index contributed by atoms with van der Waals surface area (Å²) in [5, 5.41) is 3.34. The van der Waals surface area contributed by atoms with Gasteiger partial charge in [0.1, 0.15) is 0 Å². The van der Waals surface area contributed by atoms with E-state index in [1.807, 2.05) is 0 Å². The number of carbonyl (C=O) groups is 1. The molecule has 5 fully saturated rings. The molecule has 1 amide bonds. The molecule has 1 saturated heterocycles. The van der Waals surface area contributed by atoms with Crippen molar-refractivity contribution >= 4 is 5.91 Å². The molecule has 5 aliphatic rings. The second kappa shape index (κ2) is 6.48. The maximum absolute atomic E-state index is 13.2. The summed E-state index contributed by atoms with van der Waals surface area (Å²) in [7, 11) is 0. The lowest BCUT2D eigenvalue weighted by Gasteiger charge is -2.64. The molecular formula is C22H38N2O2. The van der Waals surface area contributed by atoms with Crippen LogP contribution in [0.4, 0.5) is 0 Å². The van der Waals surface area contributed by atoms with Crippen LogP contribution in [0, 0.1) is 22.2 Å². The van der Waals surface area contributed by atoms with Crippen molar-refractivity contribution in [3.63, 3.8) is 0 Å². The first-order valence-corrected chi connectivity index (χ1v) is 10.9. The summed E-state index contributed by atoms with van der Waals surface area (Å²) < 4.78 is 5.81. The van der Waals surface area contributed by atoms with Gasteiger partial charge in [0.05, 0.1) is 17.6 Å². The van der Waals surface area contributed by atoms with Crippen molar-refractivity contribution in [1.82, 2.24) is 10.2 Å². The van der Waals surface area contributed by atoms with Crippen LogP contribution < -0.4 is 5.32 Å². The van der Waals surface area contributed by atoms with Crippen molar-refractivity contribution in [3.8, 4) is 0 Å². The minimum atomic E-state index is -0.0646. The minimum absolute atomic E-state index is 0.0646. The Hall–Kier alpha value is -0.610. The molecule has 0 aromatic carbocycles. The van der Waals surface area contributed by atoms with E-state index in [-0.39, 0.29) is 5.41 Å². The normalized spacial score (nSPS) is 47.9. The zero-order valence-corrected chi connectivity index (χ0v) is 17.3. The Labute approximate surface area is 159 Å². The monoisotopic (exact) mass is 362 g/mol. The van der Waals surface area contributed by atoms with Crippen LogP contribution in [-0.2, 0) is 9.53 Å². The largest absolute Gasteiger partial charge is 0.373 e. The predicted molar refractivity (Wildman–Crippen MR) is 104 cm³/mol. The van der Waals surface area contributed by atoms with Crippen molar-refractivity contribution < 1.29 is 9.53 Å². The fourth-order valence-corrected chi connectivity index (χ4v) is 7.86. The summed E-state index contributed by atoms with van der Waals surface area (Å²) in [4.78, 5) is 15.7. The third-order valence-electron chi connectivity index (χ3n) is 7.54. The molecule has 4 atom stereocenters. The third-order valence-corrected chi connectivity index (χ3v) is 7.54. The van der Waals surface area contributed by atoms with Gasteiger partial charge in [-0.2, -0.15) is 0 Å². The number of nitrogens with zero attached hydrogens (tertiary/aromatic N) is 1. The first-order chi connectivity index (χ1) is 12.2. The average molecular weight is 363 g/mol. The van der Waals surface area contributed by atoms with Gasteiger partial charge in [0.2, 0.25) is 5.91 Å². The number of ether oxygens (including phenoxy) is 1. The molecule has 4 aliphatic carbocycles. The second-order valence-electron chi connectivity index (χ2n) is 11.0. The summed E-state index contributed by atoms with van der Waals surface area (Å²) in [6.07, 6.45) is 9.10. The highest BCUT2D eigenvalue weighted by atomic mass is 16.5. The molecule has 26 heavy (non-hydrogen) atoms. The van der Waals surface area contributed by atoms with E-state index < -0.39 is 0 Å². The SMILES string of the molecule is CC1CN(CCCNC(=O)C23CC4CC(C)(CC(C)(C4)C2)C3)CC(C)O1. The Kier molecular flexibility index (Phi) is 4.67. The van der Waals surface area contributed by atoms with Gasteiger partial charge in [0.15, 0.2) is 0 Å². The van der Waals surface area contributed by atoms with Gasteiger partial charge in [-0.25, -0.2) is 0 Å². The predicted octanol–water partition coefficient (Wildman–Crippen LogP) is 3.60. The Morgan fingerprint density at radius 1 is 1.04 bits per heavy atom. The molecule has 5 rings (SSSR count). The van der Waals surface area contributed by atoms with Gasteiger partial charge in [-0.05, 0) is 75.5 Å². The second-order valence-corrected chi connectivity index (χ2v) is 11.0. The average Bonchev–Trinajstić information content (AvgIpc) is 2.46. The number of nitrogens with one attached hydrogen (secondary N) is 1. The Morgan fingerprint density at radius 2 is 1.65 bits per heavy atom. The Morgan fingerprint density at radius 3 is 2.23 bits per heavy atom. The number of rotatable bonds is 5. The van der Waals surface area contributed by atoms with Gasteiger partial charge in [0, 0.05) is 26.2 Å². The molecular weight excluding hydrogens is 324 g/mol. The van der Waals surface area contributed by atoms with Gasteiger partial charge in [-0.15, -0.1) is 0 Å². The fourth-order valence-electron chi connectivity index (χ4n) is 7.86. The molecule has 1 aliphatic heterocycles. The van der Waals surface area contributed by atoms with Crippen LogP contribution >= 0.6 is 0 Å². The Balaban J connectivity index is 1.29. The van der Waals surface area contributed by atoms with Crippen molar-refractivity contribution in [2.45, 2.75) is 84.8 Å². The Bertz CT molecular complexity index is 534. The molecule has 1 heterocycles. The lowest BCUT2D eigenvalue weighted by molar-refractivity contribution is -0.170. The van der Waals surface area contributed by atoms with E-state index in [0.717, 1.165) is 57.8 Å². The van der Waals surface area contributed by atoms with Gasteiger partial charge in [0.25, 0.3) is 0 Å². The number of hydrogen-bond donors (Lipinski definition) is 1. The van der Waals surface area contributed by atoms with Crippen LogP contribution in [0.3, 0.4) is 0 Å². The van der Waals surface area contributed by atoms with Crippen LogP contribution in [0.1, 0.15) is 72.6 Å². The quantitative estimate of drug-likeness (QED) is 0.760. The first kappa shape index (κ1) is 18.7. The van der Waals surface area contributed by atoms with Crippen molar-refractivity contribution in [1.29, 1.82) is 0 Å². The van der Waals surface area contributed by atoms with Crippen molar-refractivity contribution in [2.24, 2.45) is 22.2 Å². The zero-order valence-electron chi connectivity index (χ0n) is 17.3. The highest BCUT2D eigenvalue weighted by molar-refractivity contribution is 5.83. The van der Waals surface area contributed by atoms with E-state index >= 15 is 0 Å². The molecule has 1 N–H and O–H groups in total. The van der Waals surface area contributed by atoms with Crippen LogP contribution in [0.15, 0.2) is 0 Å². The van der Waals surface area contributed by atoms with Gasteiger partial charge < -0.3 is 10.1 Å². The maximum atomic E-state index is 13.2. The lowest BCUT2D eigenvalue weighted by atomic mass is 9.40. The van der Waals surface area contributed by atoms with Crippen LogP contribution in [0.2, 0.25) is 0 Å². The summed E-state index contributed by atoms with van der Waals surface area (Å²) in [5.74, 6) is 1.14. The van der Waals surface area contributed by atoms with Crippen LogP contribution in [0.5, 0.6) is 0 Å². The van der Waals surface area contributed by atoms with E-state index in [2.05, 4.69) is 37.9 Å². The van der Waals surface area contributed by atoms with Crippen LogP contribution in [-0.4, -0.2) is 49.2 Å². The van der Waals surface area contributed by atoms with Gasteiger partial charge in [-0.1, -0.05) is 13.8 Å². The highest BCUT2D eigenvalue weighted by Crippen LogP contribution is 2.69. The van der Waals surface area contributed by atoms with E-state index in [4.69, 9.17) is 4.74 Å². The molecule has 0 radical (unpaired) electrons. The van der Waals surface area contributed by atoms with Gasteiger partial charge in [-0.3, -0.25) is 9.69 Å². The van der Waals surface area contributed by atoms with Gasteiger partial charge >= 0.3 is 0 Å². The standard InChI is InChI=1S/C22H38N2O2/c1-16-11-24(12-17(2)26-16)7-5-6-23-19(25)22-10-18-8-20(3,14-22)13-21(4,9-18)15-22/h16-18H,5-15H2,1-4H3,(H,23,25). The molecule has 4 nitrogen and oxygen atoms in total. The summed E-state index contributed by atoms with van der Waals surface area (Å²) in [5.41, 5.74) is 0.752. The van der Waals surface area contributed by atoms with Crippen molar-refractivity contribution in [2.75, 3.05) is 26.2 Å². The number of hydrogen-bond acceptors (Lipinski definition) is 3. The molecule has 4 saturated carbocycles. The molecule has 4 unspecified atom stereocenters. The maximum Gasteiger partial charge on any atom is 0.226 e. The van der Waals surface area contributed by atoms with Crippen molar-refractivity contribution in [3.05, 3.63) is 0 Å². The fraction of sp³-hybridized carbons (Fsp3) is 0.955. The van der Waals surface area contributed by atoms with Crippen LogP contribution in [0.25, 0.3) is 0 Å². The van der Waals surface area contributed by atoms with E-state index in [9.17, 15) is 4.79 Å². The van der Waals surface area contributed by atoms with E-state index in [1.54, 1.807) is 0 Å². The summed E-state index contributed by atoms with van der Waals surface area (Å²) in [6.45, 7) is 13.1. The highest BCUT2D eigenvalue weighted by Gasteiger charge is 2.62. The topological polar surface area (TPSA) is 41.6 Å².